The van der Waals surface area contributed by atoms with E-state index in [2.05, 4.69) is 44.7 Å². The molecule has 1 aliphatic rings. The number of nitrogens with one attached hydrogen (secondary N) is 2. The molecule has 2 heterocycles. The molecule has 1 aliphatic heterocycles. The van der Waals surface area contributed by atoms with Crippen LogP contribution in [0.2, 0.25) is 0 Å². The third kappa shape index (κ3) is 2.54. The molecular formula is C12H14N4S2. The highest BCUT2D eigenvalue weighted by molar-refractivity contribution is 7.73. The van der Waals surface area contributed by atoms with E-state index in [-0.39, 0.29) is 0 Å². The molecule has 0 spiro atoms. The number of benzene rings is 1. The third-order valence-corrected chi connectivity index (χ3v) is 4.03. The minimum absolute atomic E-state index is 0.686. The Kier molecular flexibility index (Phi) is 3.29. The Balaban J connectivity index is 1.72. The SMILES string of the molecule is S=c1[nH]nc(Nc2ccc(N3CCCC3)cc2)s1. The minimum atomic E-state index is 0.686. The monoisotopic (exact) mass is 278 g/mol. The van der Waals surface area contributed by atoms with Gasteiger partial charge in [0.15, 0.2) is 3.95 Å². The summed E-state index contributed by atoms with van der Waals surface area (Å²) >= 11 is 6.43. The van der Waals surface area contributed by atoms with E-state index in [0.717, 1.165) is 10.8 Å². The van der Waals surface area contributed by atoms with Crippen molar-refractivity contribution in [2.45, 2.75) is 12.8 Å². The van der Waals surface area contributed by atoms with E-state index < -0.39 is 0 Å². The van der Waals surface area contributed by atoms with Crippen molar-refractivity contribution in [3.05, 3.63) is 28.2 Å². The van der Waals surface area contributed by atoms with E-state index >= 15 is 0 Å². The van der Waals surface area contributed by atoms with Crippen LogP contribution in [0, 0.1) is 3.95 Å². The summed E-state index contributed by atoms with van der Waals surface area (Å²) in [6, 6.07) is 8.47. The average molecular weight is 278 g/mol. The van der Waals surface area contributed by atoms with Gasteiger partial charge in [-0.3, -0.25) is 5.10 Å². The molecule has 0 radical (unpaired) electrons. The molecule has 1 aromatic heterocycles. The van der Waals surface area contributed by atoms with Gasteiger partial charge in [-0.2, -0.15) is 0 Å². The third-order valence-electron chi connectivity index (χ3n) is 3.03. The molecule has 18 heavy (non-hydrogen) atoms. The van der Waals surface area contributed by atoms with Crippen LogP contribution in [0.1, 0.15) is 12.8 Å². The van der Waals surface area contributed by atoms with E-state index in [4.69, 9.17) is 12.2 Å². The Hall–Kier alpha value is -1.40. The summed E-state index contributed by atoms with van der Waals surface area (Å²) in [6.45, 7) is 2.35. The Bertz CT molecular complexity index is 566. The van der Waals surface area contributed by atoms with Crippen LogP contribution in [0.3, 0.4) is 0 Å². The summed E-state index contributed by atoms with van der Waals surface area (Å²) in [5, 5.41) is 10.9. The smallest absolute Gasteiger partial charge is 0.208 e. The standard InChI is InChI=1S/C12H14N4S2/c17-12-15-14-11(18-12)13-9-3-5-10(6-4-9)16-7-1-2-8-16/h3-6H,1-2,7-8H2,(H,13,14)(H,15,17). The highest BCUT2D eigenvalue weighted by atomic mass is 32.1. The number of aromatic amines is 1. The van der Waals surface area contributed by atoms with Gasteiger partial charge in [0.2, 0.25) is 5.13 Å². The van der Waals surface area contributed by atoms with Crippen molar-refractivity contribution in [2.24, 2.45) is 0 Å². The predicted molar refractivity (Wildman–Crippen MR) is 78.5 cm³/mol. The largest absolute Gasteiger partial charge is 0.372 e. The van der Waals surface area contributed by atoms with Crippen LogP contribution in [0.4, 0.5) is 16.5 Å². The van der Waals surface area contributed by atoms with Crippen LogP contribution < -0.4 is 10.2 Å². The van der Waals surface area contributed by atoms with Gasteiger partial charge in [0, 0.05) is 24.5 Å². The first kappa shape index (κ1) is 11.7. The molecule has 0 bridgehead atoms. The van der Waals surface area contributed by atoms with Crippen LogP contribution in [-0.2, 0) is 0 Å². The fourth-order valence-corrected chi connectivity index (χ4v) is 2.95. The maximum atomic E-state index is 5.00. The van der Waals surface area contributed by atoms with Gasteiger partial charge < -0.3 is 10.2 Å². The molecule has 0 aliphatic carbocycles. The lowest BCUT2D eigenvalue weighted by atomic mass is 10.2. The van der Waals surface area contributed by atoms with Crippen molar-refractivity contribution in [1.29, 1.82) is 0 Å². The van der Waals surface area contributed by atoms with Crippen LogP contribution in [0.25, 0.3) is 0 Å². The summed E-state index contributed by atoms with van der Waals surface area (Å²) in [4.78, 5) is 2.42. The molecule has 3 rings (SSSR count). The molecular weight excluding hydrogens is 264 g/mol. The molecule has 2 N–H and O–H groups in total. The lowest BCUT2D eigenvalue weighted by Gasteiger charge is -2.17. The summed E-state index contributed by atoms with van der Waals surface area (Å²) < 4.78 is 0.686. The Labute approximate surface area is 115 Å². The fourth-order valence-electron chi connectivity index (χ4n) is 2.14. The molecule has 2 aromatic rings. The summed E-state index contributed by atoms with van der Waals surface area (Å²) in [5.41, 5.74) is 2.34. The van der Waals surface area contributed by atoms with Gasteiger partial charge in [0.25, 0.3) is 0 Å². The van der Waals surface area contributed by atoms with Crippen molar-refractivity contribution >= 4 is 40.1 Å². The van der Waals surface area contributed by atoms with E-state index in [0.29, 0.717) is 3.95 Å². The van der Waals surface area contributed by atoms with E-state index in [9.17, 15) is 0 Å². The van der Waals surface area contributed by atoms with Gasteiger partial charge in [0.1, 0.15) is 0 Å². The Morgan fingerprint density at radius 2 is 1.94 bits per heavy atom. The molecule has 6 heteroatoms. The van der Waals surface area contributed by atoms with Gasteiger partial charge >= 0.3 is 0 Å². The zero-order valence-corrected chi connectivity index (χ0v) is 11.5. The second kappa shape index (κ2) is 5.07. The number of anilines is 3. The van der Waals surface area contributed by atoms with E-state index in [1.807, 2.05) is 0 Å². The number of hydrogen-bond donors (Lipinski definition) is 2. The zero-order chi connectivity index (χ0) is 12.4. The van der Waals surface area contributed by atoms with Crippen molar-refractivity contribution in [1.82, 2.24) is 10.2 Å². The molecule has 1 aromatic carbocycles. The highest BCUT2D eigenvalue weighted by Crippen LogP contribution is 2.24. The molecule has 0 amide bonds. The lowest BCUT2D eigenvalue weighted by molar-refractivity contribution is 0.949. The first-order valence-electron chi connectivity index (χ1n) is 5.99. The molecule has 0 saturated carbocycles. The predicted octanol–water partition coefficient (Wildman–Crippen LogP) is 3.54. The minimum Gasteiger partial charge on any atom is -0.372 e. The highest BCUT2D eigenvalue weighted by Gasteiger charge is 2.11. The van der Waals surface area contributed by atoms with Crippen LogP contribution in [0.5, 0.6) is 0 Å². The van der Waals surface area contributed by atoms with Crippen LogP contribution in [0.15, 0.2) is 24.3 Å². The van der Waals surface area contributed by atoms with Gasteiger partial charge in [-0.05, 0) is 49.3 Å². The number of aromatic nitrogens is 2. The first-order chi connectivity index (χ1) is 8.81. The second-order valence-corrected chi connectivity index (χ2v) is 5.95. The lowest BCUT2D eigenvalue weighted by Crippen LogP contribution is -2.17. The topological polar surface area (TPSA) is 44.0 Å². The molecule has 1 fully saturated rings. The maximum Gasteiger partial charge on any atom is 0.208 e. The van der Waals surface area contributed by atoms with Crippen molar-refractivity contribution < 1.29 is 0 Å². The number of hydrogen-bond acceptors (Lipinski definition) is 5. The zero-order valence-electron chi connectivity index (χ0n) is 9.85. The maximum absolute atomic E-state index is 5.00. The molecule has 94 valence electrons. The number of H-pyrrole nitrogens is 1. The Morgan fingerprint density at radius 3 is 2.56 bits per heavy atom. The van der Waals surface area contributed by atoms with Gasteiger partial charge in [-0.15, -0.1) is 5.10 Å². The average Bonchev–Trinajstić information content (AvgIpc) is 3.02. The summed E-state index contributed by atoms with van der Waals surface area (Å²) in [6.07, 6.45) is 2.60. The van der Waals surface area contributed by atoms with E-state index in [1.165, 1.54) is 43.0 Å². The van der Waals surface area contributed by atoms with Crippen LogP contribution in [-0.4, -0.2) is 23.3 Å². The first-order valence-corrected chi connectivity index (χ1v) is 7.21. The van der Waals surface area contributed by atoms with Crippen molar-refractivity contribution in [3.8, 4) is 0 Å². The van der Waals surface area contributed by atoms with Gasteiger partial charge in [-0.25, -0.2) is 0 Å². The molecule has 4 nitrogen and oxygen atoms in total. The van der Waals surface area contributed by atoms with Crippen molar-refractivity contribution in [2.75, 3.05) is 23.3 Å². The summed E-state index contributed by atoms with van der Waals surface area (Å²) in [5.74, 6) is 0. The van der Waals surface area contributed by atoms with Gasteiger partial charge in [-0.1, -0.05) is 11.3 Å². The second-order valence-electron chi connectivity index (χ2n) is 4.28. The molecule has 0 unspecified atom stereocenters. The molecule has 0 atom stereocenters. The normalized spacial score (nSPS) is 15.0. The summed E-state index contributed by atoms with van der Waals surface area (Å²) in [7, 11) is 0. The number of rotatable bonds is 3. The van der Waals surface area contributed by atoms with Crippen LogP contribution >= 0.6 is 23.6 Å². The fraction of sp³-hybridized carbons (Fsp3) is 0.333. The van der Waals surface area contributed by atoms with E-state index in [1.54, 1.807) is 0 Å². The molecule has 1 saturated heterocycles. The van der Waals surface area contributed by atoms with Gasteiger partial charge in [0.05, 0.1) is 0 Å². The van der Waals surface area contributed by atoms with Crippen molar-refractivity contribution in [3.63, 3.8) is 0 Å². The quantitative estimate of drug-likeness (QED) is 0.843. The Morgan fingerprint density at radius 1 is 1.22 bits per heavy atom. The number of nitrogens with zero attached hydrogens (tertiary/aromatic N) is 2.